The predicted octanol–water partition coefficient (Wildman–Crippen LogP) is 3.69. The first-order valence-corrected chi connectivity index (χ1v) is 7.15. The van der Waals surface area contributed by atoms with Crippen LogP contribution < -0.4 is 0 Å². The quantitative estimate of drug-likeness (QED) is 0.261. The second kappa shape index (κ2) is 12.9. The minimum Gasteiger partial charge on any atom is -0.463 e. The van der Waals surface area contributed by atoms with E-state index in [1.807, 2.05) is 13.0 Å². The van der Waals surface area contributed by atoms with E-state index in [1.165, 1.54) is 6.08 Å². The number of hydrogen-bond donors (Lipinski definition) is 0. The van der Waals surface area contributed by atoms with Gasteiger partial charge in [0.05, 0.1) is 6.61 Å². The molecule has 0 unspecified atom stereocenters. The number of rotatable bonds is 10. The van der Waals surface area contributed by atoms with Gasteiger partial charge in [0.2, 0.25) is 0 Å². The first-order valence-electron chi connectivity index (χ1n) is 7.15. The molecule has 0 saturated carbocycles. The Hall–Kier alpha value is -1.51. The van der Waals surface area contributed by atoms with E-state index in [4.69, 9.17) is 4.74 Å². The van der Waals surface area contributed by atoms with Crippen LogP contribution in [0, 0.1) is 0 Å². The van der Waals surface area contributed by atoms with Gasteiger partial charge in [0.1, 0.15) is 0 Å². The van der Waals surface area contributed by atoms with E-state index in [9.17, 15) is 4.79 Å². The summed E-state index contributed by atoms with van der Waals surface area (Å²) in [4.78, 5) is 13.2. The minimum atomic E-state index is -0.250. The topological polar surface area (TPSA) is 29.5 Å². The van der Waals surface area contributed by atoms with Crippen LogP contribution in [0.25, 0.3) is 0 Å². The third-order valence-electron chi connectivity index (χ3n) is 2.64. The van der Waals surface area contributed by atoms with Crippen LogP contribution in [-0.4, -0.2) is 30.6 Å². The predicted molar refractivity (Wildman–Crippen MR) is 80.8 cm³/mol. The molecule has 3 nitrogen and oxygen atoms in total. The highest BCUT2D eigenvalue weighted by Crippen LogP contribution is 1.99. The molecular weight excluding hydrogens is 238 g/mol. The van der Waals surface area contributed by atoms with E-state index in [-0.39, 0.29) is 5.97 Å². The number of unbranched alkanes of at least 4 members (excludes halogenated alkanes) is 2. The standard InChI is InChI=1S/C16H27NO2/c1-4-17(5-2)15-13-11-9-7-8-10-12-14-16(18)19-6-3/h9,11-15H,4-8,10H2,1-3H3/b11-9+,14-12+,15-13+. The smallest absolute Gasteiger partial charge is 0.330 e. The van der Waals surface area contributed by atoms with Crippen LogP contribution in [0.4, 0.5) is 0 Å². The third kappa shape index (κ3) is 11.3. The first kappa shape index (κ1) is 17.5. The van der Waals surface area contributed by atoms with Crippen molar-refractivity contribution in [1.82, 2.24) is 4.90 Å². The Balaban J connectivity index is 3.61. The van der Waals surface area contributed by atoms with Gasteiger partial charge in [0, 0.05) is 19.2 Å². The molecule has 0 aromatic heterocycles. The fourth-order valence-electron chi connectivity index (χ4n) is 1.50. The SMILES string of the molecule is CCOC(=O)/C=C/CCC/C=C/C=C/N(CC)CC. The monoisotopic (exact) mass is 265 g/mol. The average molecular weight is 265 g/mol. The summed E-state index contributed by atoms with van der Waals surface area (Å²) in [7, 11) is 0. The zero-order chi connectivity index (χ0) is 14.3. The van der Waals surface area contributed by atoms with Gasteiger partial charge in [-0.3, -0.25) is 0 Å². The molecule has 0 rings (SSSR count). The summed E-state index contributed by atoms with van der Waals surface area (Å²) in [6.45, 7) is 8.62. The molecular formula is C16H27NO2. The van der Waals surface area contributed by atoms with Gasteiger partial charge in [-0.2, -0.15) is 0 Å². The maximum Gasteiger partial charge on any atom is 0.330 e. The van der Waals surface area contributed by atoms with Crippen LogP contribution >= 0.6 is 0 Å². The molecule has 0 heterocycles. The van der Waals surface area contributed by atoms with E-state index in [1.54, 1.807) is 0 Å². The highest BCUT2D eigenvalue weighted by molar-refractivity contribution is 5.81. The Morgan fingerprint density at radius 1 is 1.05 bits per heavy atom. The lowest BCUT2D eigenvalue weighted by atomic mass is 10.2. The Morgan fingerprint density at radius 3 is 2.37 bits per heavy atom. The van der Waals surface area contributed by atoms with Crippen LogP contribution in [0.5, 0.6) is 0 Å². The van der Waals surface area contributed by atoms with E-state index >= 15 is 0 Å². The van der Waals surface area contributed by atoms with Crippen molar-refractivity contribution >= 4 is 5.97 Å². The molecule has 0 aromatic rings. The van der Waals surface area contributed by atoms with E-state index < -0.39 is 0 Å². The molecule has 0 N–H and O–H groups in total. The van der Waals surface area contributed by atoms with Crippen molar-refractivity contribution in [3.63, 3.8) is 0 Å². The molecule has 0 saturated heterocycles. The van der Waals surface area contributed by atoms with Crippen molar-refractivity contribution in [2.24, 2.45) is 0 Å². The molecule has 0 fully saturated rings. The van der Waals surface area contributed by atoms with E-state index in [0.29, 0.717) is 6.61 Å². The van der Waals surface area contributed by atoms with Crippen molar-refractivity contribution in [2.75, 3.05) is 19.7 Å². The van der Waals surface area contributed by atoms with Crippen molar-refractivity contribution in [3.8, 4) is 0 Å². The van der Waals surface area contributed by atoms with Crippen LogP contribution in [0.15, 0.2) is 36.6 Å². The first-order chi connectivity index (χ1) is 9.24. The number of hydrogen-bond acceptors (Lipinski definition) is 3. The van der Waals surface area contributed by atoms with Gasteiger partial charge in [0.15, 0.2) is 0 Å². The third-order valence-corrected chi connectivity index (χ3v) is 2.64. The number of esters is 1. The Morgan fingerprint density at radius 2 is 1.74 bits per heavy atom. The molecule has 0 atom stereocenters. The van der Waals surface area contributed by atoms with Gasteiger partial charge in [-0.15, -0.1) is 0 Å². The fourth-order valence-corrected chi connectivity index (χ4v) is 1.50. The normalized spacial score (nSPS) is 11.7. The highest BCUT2D eigenvalue weighted by atomic mass is 16.5. The van der Waals surface area contributed by atoms with Gasteiger partial charge < -0.3 is 9.64 Å². The number of nitrogens with zero attached hydrogens (tertiary/aromatic N) is 1. The Labute approximate surface area is 117 Å². The molecule has 3 heteroatoms. The molecule has 0 amide bonds. The molecule has 0 aliphatic heterocycles. The summed E-state index contributed by atoms with van der Waals surface area (Å²) in [6, 6.07) is 0. The highest BCUT2D eigenvalue weighted by Gasteiger charge is 1.91. The summed E-state index contributed by atoms with van der Waals surface area (Å²) in [5.41, 5.74) is 0. The van der Waals surface area contributed by atoms with Crippen molar-refractivity contribution in [3.05, 3.63) is 36.6 Å². The van der Waals surface area contributed by atoms with E-state index in [0.717, 1.165) is 32.4 Å². The Kier molecular flexibility index (Phi) is 11.9. The molecule has 0 bridgehead atoms. The maximum absolute atomic E-state index is 11.0. The zero-order valence-electron chi connectivity index (χ0n) is 12.5. The van der Waals surface area contributed by atoms with Crippen molar-refractivity contribution in [2.45, 2.75) is 40.0 Å². The molecule has 0 aliphatic carbocycles. The zero-order valence-corrected chi connectivity index (χ0v) is 12.5. The summed E-state index contributed by atoms with van der Waals surface area (Å²) in [5, 5.41) is 0. The van der Waals surface area contributed by atoms with Crippen LogP contribution in [0.2, 0.25) is 0 Å². The van der Waals surface area contributed by atoms with Crippen LogP contribution in [0.1, 0.15) is 40.0 Å². The lowest BCUT2D eigenvalue weighted by Crippen LogP contribution is -2.14. The van der Waals surface area contributed by atoms with Gasteiger partial charge in [-0.05, 0) is 52.3 Å². The summed E-state index contributed by atoms with van der Waals surface area (Å²) < 4.78 is 4.79. The lowest BCUT2D eigenvalue weighted by Gasteiger charge is -2.13. The van der Waals surface area contributed by atoms with Gasteiger partial charge in [0.25, 0.3) is 0 Å². The maximum atomic E-state index is 11.0. The average Bonchev–Trinajstić information content (AvgIpc) is 2.41. The summed E-state index contributed by atoms with van der Waals surface area (Å²) in [6.07, 6.45) is 14.8. The van der Waals surface area contributed by atoms with Crippen molar-refractivity contribution in [1.29, 1.82) is 0 Å². The lowest BCUT2D eigenvalue weighted by molar-refractivity contribution is -0.137. The Bertz CT molecular complexity index is 302. The van der Waals surface area contributed by atoms with Crippen LogP contribution in [-0.2, 0) is 9.53 Å². The van der Waals surface area contributed by atoms with E-state index in [2.05, 4.69) is 43.2 Å². The molecule has 108 valence electrons. The summed E-state index contributed by atoms with van der Waals surface area (Å²) >= 11 is 0. The molecule has 0 radical (unpaired) electrons. The molecule has 0 aromatic carbocycles. The van der Waals surface area contributed by atoms with Crippen LogP contribution in [0.3, 0.4) is 0 Å². The van der Waals surface area contributed by atoms with Gasteiger partial charge in [-0.1, -0.05) is 18.2 Å². The van der Waals surface area contributed by atoms with Gasteiger partial charge in [-0.25, -0.2) is 4.79 Å². The van der Waals surface area contributed by atoms with Gasteiger partial charge >= 0.3 is 5.97 Å². The summed E-state index contributed by atoms with van der Waals surface area (Å²) in [5.74, 6) is -0.250. The largest absolute Gasteiger partial charge is 0.463 e. The second-order valence-corrected chi connectivity index (χ2v) is 4.08. The number of carbonyl (C=O) groups excluding carboxylic acids is 1. The number of ether oxygens (including phenoxy) is 1. The number of carbonyl (C=O) groups is 1. The minimum absolute atomic E-state index is 0.250. The molecule has 0 aliphatic rings. The molecule has 19 heavy (non-hydrogen) atoms. The number of allylic oxidation sites excluding steroid dienone is 4. The molecule has 0 spiro atoms. The fraction of sp³-hybridized carbons (Fsp3) is 0.562. The second-order valence-electron chi connectivity index (χ2n) is 4.08. The van der Waals surface area contributed by atoms with Crippen molar-refractivity contribution < 1.29 is 9.53 Å².